The molecule has 1 aliphatic carbocycles. The summed E-state index contributed by atoms with van der Waals surface area (Å²) < 4.78 is 1.37. The van der Waals surface area contributed by atoms with Crippen molar-refractivity contribution in [3.05, 3.63) is 28.2 Å². The Morgan fingerprint density at radius 1 is 1.44 bits per heavy atom. The van der Waals surface area contributed by atoms with Crippen molar-refractivity contribution in [2.75, 3.05) is 5.32 Å². The number of carboxylic acids is 1. The number of pyridine rings is 1. The highest BCUT2D eigenvalue weighted by Gasteiger charge is 2.48. The molecule has 2 N–H and O–H groups in total. The summed E-state index contributed by atoms with van der Waals surface area (Å²) in [6.07, 6.45) is 1.92. The van der Waals surface area contributed by atoms with Crippen molar-refractivity contribution in [1.82, 2.24) is 4.57 Å². The van der Waals surface area contributed by atoms with E-state index in [2.05, 4.69) is 5.32 Å². The van der Waals surface area contributed by atoms with Gasteiger partial charge in [-0.2, -0.15) is 0 Å². The van der Waals surface area contributed by atoms with Crippen LogP contribution in [-0.4, -0.2) is 21.6 Å². The number of rotatable bonds is 3. The third-order valence-electron chi connectivity index (χ3n) is 3.14. The van der Waals surface area contributed by atoms with Gasteiger partial charge in [-0.15, -0.1) is 0 Å². The zero-order chi connectivity index (χ0) is 13.4. The van der Waals surface area contributed by atoms with E-state index < -0.39 is 17.8 Å². The summed E-state index contributed by atoms with van der Waals surface area (Å²) in [4.78, 5) is 33.8. The fraction of sp³-hybridized carbons (Fsp3) is 0.417. The van der Waals surface area contributed by atoms with Crippen molar-refractivity contribution < 1.29 is 14.7 Å². The molecule has 1 aromatic rings. The third kappa shape index (κ3) is 2.27. The molecule has 0 spiro atoms. The number of anilines is 1. The van der Waals surface area contributed by atoms with E-state index in [0.29, 0.717) is 17.7 Å². The molecule has 0 aliphatic heterocycles. The molecular formula is C12H14N2O4. The predicted octanol–water partition coefficient (Wildman–Crippen LogP) is 0.353. The molecule has 1 aliphatic rings. The van der Waals surface area contributed by atoms with Crippen LogP contribution in [0.2, 0.25) is 0 Å². The van der Waals surface area contributed by atoms with Crippen molar-refractivity contribution in [3.8, 4) is 0 Å². The molecule has 1 aromatic heterocycles. The number of carbonyl (C=O) groups is 2. The Labute approximate surface area is 103 Å². The lowest BCUT2D eigenvalue weighted by molar-refractivity contribution is -0.139. The fourth-order valence-corrected chi connectivity index (χ4v) is 1.84. The van der Waals surface area contributed by atoms with Crippen LogP contribution in [0.5, 0.6) is 0 Å². The van der Waals surface area contributed by atoms with Gasteiger partial charge in [-0.25, -0.2) is 0 Å². The molecule has 18 heavy (non-hydrogen) atoms. The molecule has 96 valence electrons. The van der Waals surface area contributed by atoms with Crippen LogP contribution in [0.15, 0.2) is 17.1 Å². The minimum Gasteiger partial charge on any atom is -0.481 e. The topological polar surface area (TPSA) is 88.4 Å². The molecule has 0 radical (unpaired) electrons. The highest BCUT2D eigenvalue weighted by atomic mass is 16.4. The van der Waals surface area contributed by atoms with Gasteiger partial charge in [-0.1, -0.05) is 0 Å². The molecule has 1 heterocycles. The second kappa shape index (κ2) is 4.29. The average molecular weight is 250 g/mol. The summed E-state index contributed by atoms with van der Waals surface area (Å²) in [7, 11) is 1.59. The van der Waals surface area contributed by atoms with Gasteiger partial charge in [0, 0.05) is 19.3 Å². The van der Waals surface area contributed by atoms with E-state index in [1.807, 2.05) is 0 Å². The Kier molecular flexibility index (Phi) is 2.94. The normalized spacial score (nSPS) is 21.4. The Hall–Kier alpha value is -2.11. The van der Waals surface area contributed by atoms with Gasteiger partial charge in [0.15, 0.2) is 0 Å². The number of aliphatic carboxylic acids is 1. The maximum absolute atomic E-state index is 11.8. The van der Waals surface area contributed by atoms with Crippen LogP contribution in [0.4, 0.5) is 5.69 Å². The van der Waals surface area contributed by atoms with Crippen molar-refractivity contribution in [3.63, 3.8) is 0 Å². The molecule has 0 bridgehead atoms. The molecule has 2 atom stereocenters. The van der Waals surface area contributed by atoms with Gasteiger partial charge in [0.2, 0.25) is 5.91 Å². The van der Waals surface area contributed by atoms with Crippen molar-refractivity contribution in [1.29, 1.82) is 0 Å². The van der Waals surface area contributed by atoms with Crippen molar-refractivity contribution >= 4 is 17.6 Å². The third-order valence-corrected chi connectivity index (χ3v) is 3.14. The van der Waals surface area contributed by atoms with Gasteiger partial charge < -0.3 is 15.0 Å². The predicted molar refractivity (Wildman–Crippen MR) is 64.3 cm³/mol. The molecular weight excluding hydrogens is 236 g/mol. The Balaban J connectivity index is 2.11. The lowest BCUT2D eigenvalue weighted by Gasteiger charge is -2.09. The Bertz CT molecular complexity index is 576. The first kappa shape index (κ1) is 12.3. The summed E-state index contributed by atoms with van der Waals surface area (Å²) in [5.41, 5.74) is 1.05. The van der Waals surface area contributed by atoms with E-state index in [9.17, 15) is 14.4 Å². The highest BCUT2D eigenvalue weighted by Crippen LogP contribution is 2.39. The first-order chi connectivity index (χ1) is 8.40. The minimum atomic E-state index is -0.938. The number of carboxylic acid groups (broad SMARTS) is 1. The molecule has 0 saturated heterocycles. The SMILES string of the molecule is Cc1cc(=O)n(C)cc1NC(=O)[C@H]1C[C@@H]1C(=O)O. The van der Waals surface area contributed by atoms with Gasteiger partial charge in [0.1, 0.15) is 0 Å². The van der Waals surface area contributed by atoms with Crippen LogP contribution in [0, 0.1) is 18.8 Å². The largest absolute Gasteiger partial charge is 0.481 e. The monoisotopic (exact) mass is 250 g/mol. The Morgan fingerprint density at radius 2 is 2.11 bits per heavy atom. The summed E-state index contributed by atoms with van der Waals surface area (Å²) in [5.74, 6) is -2.27. The molecule has 1 saturated carbocycles. The smallest absolute Gasteiger partial charge is 0.307 e. The number of nitrogens with zero attached hydrogens (tertiary/aromatic N) is 1. The fourth-order valence-electron chi connectivity index (χ4n) is 1.84. The number of hydrogen-bond donors (Lipinski definition) is 2. The molecule has 0 unspecified atom stereocenters. The number of amides is 1. The maximum atomic E-state index is 11.8. The minimum absolute atomic E-state index is 0.152. The Morgan fingerprint density at radius 3 is 2.67 bits per heavy atom. The van der Waals surface area contributed by atoms with E-state index in [1.165, 1.54) is 16.8 Å². The molecule has 0 aromatic carbocycles. The number of aryl methyl sites for hydroxylation is 2. The maximum Gasteiger partial charge on any atom is 0.307 e. The summed E-state index contributed by atoms with van der Waals surface area (Å²) in [6, 6.07) is 1.43. The number of carbonyl (C=O) groups excluding carboxylic acids is 1. The van der Waals surface area contributed by atoms with Crippen LogP contribution >= 0.6 is 0 Å². The van der Waals surface area contributed by atoms with Crippen LogP contribution in [0.25, 0.3) is 0 Å². The van der Waals surface area contributed by atoms with E-state index in [4.69, 9.17) is 5.11 Å². The summed E-state index contributed by atoms with van der Waals surface area (Å²) in [5, 5.41) is 11.4. The molecule has 6 heteroatoms. The first-order valence-corrected chi connectivity index (χ1v) is 5.61. The standard InChI is InChI=1S/C12H14N2O4/c1-6-3-10(15)14(2)5-9(6)13-11(16)7-4-8(7)12(17)18/h3,5,7-8H,4H2,1-2H3,(H,13,16)(H,17,18)/t7-,8-/m0/s1. The van der Waals surface area contributed by atoms with Crippen molar-refractivity contribution in [2.24, 2.45) is 18.9 Å². The lowest BCUT2D eigenvalue weighted by Crippen LogP contribution is -2.21. The van der Waals surface area contributed by atoms with E-state index >= 15 is 0 Å². The summed E-state index contributed by atoms with van der Waals surface area (Å²) >= 11 is 0. The molecule has 2 rings (SSSR count). The quantitative estimate of drug-likeness (QED) is 0.810. The number of hydrogen-bond acceptors (Lipinski definition) is 3. The van der Waals surface area contributed by atoms with E-state index in [1.54, 1.807) is 14.0 Å². The lowest BCUT2D eigenvalue weighted by atomic mass is 10.2. The van der Waals surface area contributed by atoms with E-state index in [-0.39, 0.29) is 11.5 Å². The highest BCUT2D eigenvalue weighted by molar-refractivity contribution is 5.98. The molecule has 6 nitrogen and oxygen atoms in total. The number of aromatic nitrogens is 1. The van der Waals surface area contributed by atoms with Crippen LogP contribution in [-0.2, 0) is 16.6 Å². The van der Waals surface area contributed by atoms with Gasteiger partial charge >= 0.3 is 5.97 Å². The van der Waals surface area contributed by atoms with Crippen molar-refractivity contribution in [2.45, 2.75) is 13.3 Å². The second-order valence-corrected chi connectivity index (χ2v) is 4.60. The number of nitrogens with one attached hydrogen (secondary N) is 1. The molecule has 1 amide bonds. The average Bonchev–Trinajstić information content (AvgIpc) is 3.05. The van der Waals surface area contributed by atoms with Gasteiger partial charge in [-0.05, 0) is 18.9 Å². The summed E-state index contributed by atoms with van der Waals surface area (Å²) in [6.45, 7) is 1.72. The van der Waals surface area contributed by atoms with Crippen LogP contribution < -0.4 is 10.9 Å². The second-order valence-electron chi connectivity index (χ2n) is 4.60. The zero-order valence-corrected chi connectivity index (χ0v) is 10.1. The van der Waals surface area contributed by atoms with Gasteiger partial charge in [-0.3, -0.25) is 14.4 Å². The molecule has 1 fully saturated rings. The van der Waals surface area contributed by atoms with Gasteiger partial charge in [0.25, 0.3) is 5.56 Å². The first-order valence-electron chi connectivity index (χ1n) is 5.61. The van der Waals surface area contributed by atoms with Crippen LogP contribution in [0.3, 0.4) is 0 Å². The van der Waals surface area contributed by atoms with Gasteiger partial charge in [0.05, 0.1) is 17.5 Å². The van der Waals surface area contributed by atoms with Crippen LogP contribution in [0.1, 0.15) is 12.0 Å². The van der Waals surface area contributed by atoms with E-state index in [0.717, 1.165) is 0 Å². The zero-order valence-electron chi connectivity index (χ0n) is 10.1.